The largest absolute Gasteiger partial charge is 0.378 e. The first-order valence-electron chi connectivity index (χ1n) is 5.53. The molecule has 16 heavy (non-hydrogen) atoms. The molecule has 0 unspecified atom stereocenters. The third kappa shape index (κ3) is 2.19. The molecule has 1 saturated carbocycles. The Labute approximate surface area is 99.8 Å². The van der Waals surface area contributed by atoms with Crippen LogP contribution in [0.1, 0.15) is 28.9 Å². The quantitative estimate of drug-likeness (QED) is 0.873. The molecular weight excluding hydrogens is 222 g/mol. The number of nitrogens with one attached hydrogen (secondary N) is 1. The summed E-state index contributed by atoms with van der Waals surface area (Å²) in [6.45, 7) is 2.76. The molecule has 1 heterocycles. The number of amides is 1. The standard InChI is InChI=1S/C11H17N3OS/c1-7-9(10(12-2)16-13-7)11(15)14(3)6-8-4-5-8/h8,12H,4-6H2,1-3H3. The van der Waals surface area contributed by atoms with Crippen LogP contribution in [0, 0.1) is 12.8 Å². The average molecular weight is 239 g/mol. The zero-order chi connectivity index (χ0) is 11.7. The van der Waals surface area contributed by atoms with E-state index in [0.29, 0.717) is 0 Å². The van der Waals surface area contributed by atoms with Gasteiger partial charge in [0.15, 0.2) is 0 Å². The van der Waals surface area contributed by atoms with E-state index in [2.05, 4.69) is 9.69 Å². The average Bonchev–Trinajstić information content (AvgIpc) is 2.99. The molecule has 0 bridgehead atoms. The van der Waals surface area contributed by atoms with Crippen LogP contribution in [0.2, 0.25) is 0 Å². The normalized spacial score (nSPS) is 14.9. The topological polar surface area (TPSA) is 45.2 Å². The van der Waals surface area contributed by atoms with Gasteiger partial charge in [-0.05, 0) is 37.2 Å². The number of nitrogens with zero attached hydrogens (tertiary/aromatic N) is 2. The first-order valence-corrected chi connectivity index (χ1v) is 6.30. The Hall–Kier alpha value is -1.10. The molecule has 1 amide bonds. The highest BCUT2D eigenvalue weighted by Gasteiger charge is 2.27. The molecule has 0 atom stereocenters. The van der Waals surface area contributed by atoms with Crippen LogP contribution in [-0.4, -0.2) is 35.8 Å². The minimum absolute atomic E-state index is 0.0856. The lowest BCUT2D eigenvalue weighted by atomic mass is 10.2. The van der Waals surface area contributed by atoms with Crippen molar-refractivity contribution in [3.8, 4) is 0 Å². The Morgan fingerprint density at radius 3 is 2.88 bits per heavy atom. The lowest BCUT2D eigenvalue weighted by Crippen LogP contribution is -2.29. The van der Waals surface area contributed by atoms with Crippen molar-refractivity contribution in [3.05, 3.63) is 11.3 Å². The third-order valence-corrected chi connectivity index (χ3v) is 3.84. The number of aryl methyl sites for hydroxylation is 1. The van der Waals surface area contributed by atoms with Crippen molar-refractivity contribution >= 4 is 22.4 Å². The number of hydrogen-bond acceptors (Lipinski definition) is 4. The Balaban J connectivity index is 2.14. The molecule has 1 N–H and O–H groups in total. The summed E-state index contributed by atoms with van der Waals surface area (Å²) in [4.78, 5) is 14.0. The lowest BCUT2D eigenvalue weighted by molar-refractivity contribution is 0.0789. The van der Waals surface area contributed by atoms with Crippen molar-refractivity contribution in [2.75, 3.05) is 26.0 Å². The SMILES string of the molecule is CNc1snc(C)c1C(=O)N(C)CC1CC1. The number of anilines is 1. The van der Waals surface area contributed by atoms with Gasteiger partial charge in [-0.15, -0.1) is 0 Å². The van der Waals surface area contributed by atoms with E-state index in [1.165, 1.54) is 24.4 Å². The first kappa shape index (κ1) is 11.4. The smallest absolute Gasteiger partial charge is 0.258 e. The molecule has 0 saturated heterocycles. The van der Waals surface area contributed by atoms with E-state index in [1.54, 1.807) is 0 Å². The maximum atomic E-state index is 12.2. The molecule has 1 aromatic rings. The molecule has 2 rings (SSSR count). The fourth-order valence-electron chi connectivity index (χ4n) is 1.75. The Kier molecular flexibility index (Phi) is 3.14. The summed E-state index contributed by atoms with van der Waals surface area (Å²) in [5.74, 6) is 0.807. The number of hydrogen-bond donors (Lipinski definition) is 1. The van der Waals surface area contributed by atoms with Gasteiger partial charge in [0.25, 0.3) is 5.91 Å². The number of carbonyl (C=O) groups excluding carboxylic acids is 1. The van der Waals surface area contributed by atoms with Crippen LogP contribution < -0.4 is 5.32 Å². The fourth-order valence-corrected chi connectivity index (χ4v) is 2.49. The van der Waals surface area contributed by atoms with Crippen LogP contribution in [0.15, 0.2) is 0 Å². The number of aromatic nitrogens is 1. The molecule has 4 nitrogen and oxygen atoms in total. The number of rotatable bonds is 4. The molecule has 88 valence electrons. The Bertz CT molecular complexity index is 398. The van der Waals surface area contributed by atoms with E-state index in [-0.39, 0.29) is 5.91 Å². The van der Waals surface area contributed by atoms with Gasteiger partial charge in [-0.1, -0.05) is 0 Å². The van der Waals surface area contributed by atoms with Gasteiger partial charge < -0.3 is 10.2 Å². The van der Waals surface area contributed by atoms with E-state index in [0.717, 1.165) is 28.7 Å². The van der Waals surface area contributed by atoms with Crippen LogP contribution >= 0.6 is 11.5 Å². The predicted octanol–water partition coefficient (Wildman–Crippen LogP) is 1.98. The van der Waals surface area contributed by atoms with E-state index in [9.17, 15) is 4.79 Å². The Morgan fingerprint density at radius 2 is 2.31 bits per heavy atom. The van der Waals surface area contributed by atoms with Gasteiger partial charge in [-0.2, -0.15) is 4.37 Å². The van der Waals surface area contributed by atoms with Crippen LogP contribution in [0.4, 0.5) is 5.00 Å². The summed E-state index contributed by atoms with van der Waals surface area (Å²) < 4.78 is 4.22. The fraction of sp³-hybridized carbons (Fsp3) is 0.636. The molecule has 0 aliphatic heterocycles. The maximum Gasteiger partial charge on any atom is 0.258 e. The second-order valence-corrected chi connectivity index (χ2v) is 5.12. The molecule has 1 aromatic heterocycles. The van der Waals surface area contributed by atoms with E-state index >= 15 is 0 Å². The molecule has 1 aliphatic rings. The van der Waals surface area contributed by atoms with Gasteiger partial charge >= 0.3 is 0 Å². The van der Waals surface area contributed by atoms with Crippen molar-refractivity contribution in [2.45, 2.75) is 19.8 Å². The van der Waals surface area contributed by atoms with E-state index in [4.69, 9.17) is 0 Å². The van der Waals surface area contributed by atoms with Crippen molar-refractivity contribution < 1.29 is 4.79 Å². The predicted molar refractivity (Wildman–Crippen MR) is 66.1 cm³/mol. The third-order valence-electron chi connectivity index (χ3n) is 2.88. The summed E-state index contributed by atoms with van der Waals surface area (Å²) in [6, 6.07) is 0. The molecule has 0 spiro atoms. The zero-order valence-corrected chi connectivity index (χ0v) is 10.7. The molecule has 0 radical (unpaired) electrons. The minimum atomic E-state index is 0.0856. The van der Waals surface area contributed by atoms with Gasteiger partial charge in [0.1, 0.15) is 5.00 Å². The summed E-state index contributed by atoms with van der Waals surface area (Å²) in [7, 11) is 3.70. The highest BCUT2D eigenvalue weighted by molar-refractivity contribution is 7.10. The van der Waals surface area contributed by atoms with Crippen LogP contribution in [0.3, 0.4) is 0 Å². The van der Waals surface area contributed by atoms with Crippen LogP contribution in [0.25, 0.3) is 0 Å². The maximum absolute atomic E-state index is 12.2. The molecule has 0 aromatic carbocycles. The molecule has 1 aliphatic carbocycles. The Morgan fingerprint density at radius 1 is 1.62 bits per heavy atom. The van der Waals surface area contributed by atoms with Crippen molar-refractivity contribution in [1.82, 2.24) is 9.27 Å². The number of carbonyl (C=O) groups is 1. The van der Waals surface area contributed by atoms with Gasteiger partial charge in [-0.25, -0.2) is 0 Å². The highest BCUT2D eigenvalue weighted by atomic mass is 32.1. The van der Waals surface area contributed by atoms with Crippen molar-refractivity contribution in [2.24, 2.45) is 5.92 Å². The first-order chi connectivity index (χ1) is 7.63. The van der Waals surface area contributed by atoms with Gasteiger partial charge in [0, 0.05) is 20.6 Å². The summed E-state index contributed by atoms with van der Waals surface area (Å²) in [5, 5.41) is 3.90. The van der Waals surface area contributed by atoms with E-state index < -0.39 is 0 Å². The summed E-state index contributed by atoms with van der Waals surface area (Å²) in [6.07, 6.45) is 2.52. The zero-order valence-electron chi connectivity index (χ0n) is 9.91. The van der Waals surface area contributed by atoms with Gasteiger partial charge in [0.2, 0.25) is 0 Å². The van der Waals surface area contributed by atoms with Crippen molar-refractivity contribution in [1.29, 1.82) is 0 Å². The monoisotopic (exact) mass is 239 g/mol. The molecular formula is C11H17N3OS. The second kappa shape index (κ2) is 4.41. The molecule has 1 fully saturated rings. The minimum Gasteiger partial charge on any atom is -0.378 e. The van der Waals surface area contributed by atoms with Gasteiger partial charge in [-0.3, -0.25) is 4.79 Å². The second-order valence-electron chi connectivity index (χ2n) is 4.35. The highest BCUT2D eigenvalue weighted by Crippen LogP contribution is 2.31. The molecule has 5 heteroatoms. The lowest BCUT2D eigenvalue weighted by Gasteiger charge is -2.17. The van der Waals surface area contributed by atoms with Gasteiger partial charge in [0.05, 0.1) is 11.3 Å². The van der Waals surface area contributed by atoms with Crippen LogP contribution in [0.5, 0.6) is 0 Å². The van der Waals surface area contributed by atoms with Crippen molar-refractivity contribution in [3.63, 3.8) is 0 Å². The summed E-state index contributed by atoms with van der Waals surface area (Å²) in [5.41, 5.74) is 1.55. The van der Waals surface area contributed by atoms with E-state index in [1.807, 2.05) is 25.9 Å². The van der Waals surface area contributed by atoms with Crippen LogP contribution in [-0.2, 0) is 0 Å². The summed E-state index contributed by atoms with van der Waals surface area (Å²) >= 11 is 1.35.